The third kappa shape index (κ3) is 2.34. The third-order valence-corrected chi connectivity index (χ3v) is 2.66. The van der Waals surface area contributed by atoms with E-state index < -0.39 is 0 Å². The fourth-order valence-electron chi connectivity index (χ4n) is 1.64. The number of benzene rings is 1. The Morgan fingerprint density at radius 2 is 2.27 bits per heavy atom. The zero-order valence-electron chi connectivity index (χ0n) is 8.63. The minimum absolute atomic E-state index is 0.0187. The Labute approximate surface area is 88.7 Å². The lowest BCUT2D eigenvalue weighted by Gasteiger charge is -2.14. The van der Waals surface area contributed by atoms with E-state index >= 15 is 0 Å². The molecule has 0 bridgehead atoms. The molecule has 0 spiro atoms. The van der Waals surface area contributed by atoms with Gasteiger partial charge in [-0.05, 0) is 31.9 Å². The Bertz CT molecular complexity index is 405. The van der Waals surface area contributed by atoms with Crippen molar-refractivity contribution < 1.29 is 4.39 Å². The van der Waals surface area contributed by atoms with Crippen LogP contribution < -0.4 is 5.32 Å². The van der Waals surface area contributed by atoms with Gasteiger partial charge in [0.25, 0.3) is 0 Å². The van der Waals surface area contributed by atoms with Gasteiger partial charge in [0.2, 0.25) is 0 Å². The van der Waals surface area contributed by atoms with Crippen molar-refractivity contribution in [3.8, 4) is 6.07 Å². The maximum atomic E-state index is 13.6. The molecule has 3 heteroatoms. The van der Waals surface area contributed by atoms with E-state index in [-0.39, 0.29) is 11.9 Å². The average molecular weight is 204 g/mol. The maximum Gasteiger partial charge on any atom is 0.129 e. The maximum absolute atomic E-state index is 13.6. The van der Waals surface area contributed by atoms with E-state index in [1.807, 2.05) is 13.0 Å². The molecule has 1 N–H and O–H groups in total. The van der Waals surface area contributed by atoms with E-state index in [0.717, 1.165) is 0 Å². The summed E-state index contributed by atoms with van der Waals surface area (Å²) in [6, 6.07) is 7.13. The van der Waals surface area contributed by atoms with Gasteiger partial charge < -0.3 is 5.32 Å². The average Bonchev–Trinajstić information content (AvgIpc) is 3.01. The van der Waals surface area contributed by atoms with Crippen LogP contribution in [-0.2, 0) is 0 Å². The van der Waals surface area contributed by atoms with Crippen LogP contribution in [0.2, 0.25) is 0 Å². The Morgan fingerprint density at radius 3 is 2.80 bits per heavy atom. The highest BCUT2D eigenvalue weighted by molar-refractivity contribution is 5.34. The van der Waals surface area contributed by atoms with Gasteiger partial charge in [-0.3, -0.25) is 0 Å². The Hall–Kier alpha value is -1.40. The molecule has 1 saturated carbocycles. The molecule has 1 aliphatic rings. The molecule has 0 radical (unpaired) electrons. The Morgan fingerprint density at radius 1 is 1.53 bits per heavy atom. The first-order valence-electron chi connectivity index (χ1n) is 5.16. The molecule has 0 heterocycles. The number of rotatable bonds is 3. The van der Waals surface area contributed by atoms with Gasteiger partial charge in [0.15, 0.2) is 0 Å². The van der Waals surface area contributed by atoms with Crippen molar-refractivity contribution in [2.45, 2.75) is 31.8 Å². The molecule has 1 atom stereocenters. The van der Waals surface area contributed by atoms with E-state index in [1.165, 1.54) is 18.9 Å². The van der Waals surface area contributed by atoms with Crippen molar-refractivity contribution >= 4 is 0 Å². The summed E-state index contributed by atoms with van der Waals surface area (Å²) in [5.41, 5.74) is 1.01. The summed E-state index contributed by atoms with van der Waals surface area (Å²) in [7, 11) is 0. The van der Waals surface area contributed by atoms with Gasteiger partial charge in [0.1, 0.15) is 5.82 Å². The van der Waals surface area contributed by atoms with E-state index in [2.05, 4.69) is 5.32 Å². The van der Waals surface area contributed by atoms with Crippen molar-refractivity contribution in [3.05, 3.63) is 35.1 Å². The minimum atomic E-state index is -0.297. The highest BCUT2D eigenvalue weighted by Crippen LogP contribution is 2.25. The van der Waals surface area contributed by atoms with Gasteiger partial charge in [-0.2, -0.15) is 5.26 Å². The lowest BCUT2D eigenvalue weighted by atomic mass is 10.1. The highest BCUT2D eigenvalue weighted by atomic mass is 19.1. The molecule has 15 heavy (non-hydrogen) atoms. The summed E-state index contributed by atoms with van der Waals surface area (Å²) >= 11 is 0. The lowest BCUT2D eigenvalue weighted by Crippen LogP contribution is -2.21. The summed E-state index contributed by atoms with van der Waals surface area (Å²) in [5.74, 6) is -0.297. The first-order chi connectivity index (χ1) is 7.20. The second kappa shape index (κ2) is 4.00. The Kier molecular flexibility index (Phi) is 2.70. The lowest BCUT2D eigenvalue weighted by molar-refractivity contribution is 0.526. The number of nitriles is 1. The fourth-order valence-corrected chi connectivity index (χ4v) is 1.64. The van der Waals surface area contributed by atoms with Crippen molar-refractivity contribution in [2.75, 3.05) is 0 Å². The normalized spacial score (nSPS) is 17.1. The first kappa shape index (κ1) is 10.1. The van der Waals surface area contributed by atoms with Gasteiger partial charge in [-0.1, -0.05) is 6.07 Å². The SMILES string of the molecule is CC(NC1CC1)c1ccc(C#N)cc1F. The van der Waals surface area contributed by atoms with Crippen molar-refractivity contribution in [1.29, 1.82) is 5.26 Å². The van der Waals surface area contributed by atoms with Gasteiger partial charge >= 0.3 is 0 Å². The van der Waals surface area contributed by atoms with E-state index in [1.54, 1.807) is 12.1 Å². The molecular weight excluding hydrogens is 191 g/mol. The zero-order valence-corrected chi connectivity index (χ0v) is 8.63. The second-order valence-electron chi connectivity index (χ2n) is 4.01. The summed E-state index contributed by atoms with van der Waals surface area (Å²) in [6.07, 6.45) is 2.37. The van der Waals surface area contributed by atoms with Crippen LogP contribution in [0.15, 0.2) is 18.2 Å². The molecule has 1 aromatic rings. The third-order valence-electron chi connectivity index (χ3n) is 2.66. The summed E-state index contributed by atoms with van der Waals surface area (Å²) in [4.78, 5) is 0. The molecule has 1 aliphatic carbocycles. The predicted molar refractivity (Wildman–Crippen MR) is 55.7 cm³/mol. The van der Waals surface area contributed by atoms with E-state index in [9.17, 15) is 4.39 Å². The molecule has 1 aromatic carbocycles. The smallest absolute Gasteiger partial charge is 0.129 e. The number of nitrogens with one attached hydrogen (secondary N) is 1. The van der Waals surface area contributed by atoms with Crippen LogP contribution in [-0.4, -0.2) is 6.04 Å². The van der Waals surface area contributed by atoms with Gasteiger partial charge in [-0.25, -0.2) is 4.39 Å². The van der Waals surface area contributed by atoms with Crippen LogP contribution in [0, 0.1) is 17.1 Å². The van der Waals surface area contributed by atoms with Crippen LogP contribution in [0.1, 0.15) is 36.9 Å². The molecule has 0 amide bonds. The largest absolute Gasteiger partial charge is 0.307 e. The molecule has 1 fully saturated rings. The quantitative estimate of drug-likeness (QED) is 0.821. The number of hydrogen-bond donors (Lipinski definition) is 1. The van der Waals surface area contributed by atoms with Gasteiger partial charge in [-0.15, -0.1) is 0 Å². The predicted octanol–water partition coefficient (Wildman–Crippen LogP) is 2.51. The molecule has 2 rings (SSSR count). The summed E-state index contributed by atoms with van der Waals surface area (Å²) in [5, 5.41) is 11.9. The minimum Gasteiger partial charge on any atom is -0.307 e. The summed E-state index contributed by atoms with van der Waals surface area (Å²) < 4.78 is 13.6. The second-order valence-corrected chi connectivity index (χ2v) is 4.01. The number of halogens is 1. The number of nitrogens with zero attached hydrogens (tertiary/aromatic N) is 1. The summed E-state index contributed by atoms with van der Waals surface area (Å²) in [6.45, 7) is 1.95. The molecule has 0 aliphatic heterocycles. The highest BCUT2D eigenvalue weighted by Gasteiger charge is 2.24. The number of hydrogen-bond acceptors (Lipinski definition) is 2. The van der Waals surface area contributed by atoms with Crippen molar-refractivity contribution in [2.24, 2.45) is 0 Å². The van der Waals surface area contributed by atoms with Crippen LogP contribution in [0.5, 0.6) is 0 Å². The molecule has 0 aromatic heterocycles. The van der Waals surface area contributed by atoms with Crippen LogP contribution >= 0.6 is 0 Å². The van der Waals surface area contributed by atoms with Gasteiger partial charge in [0, 0.05) is 17.6 Å². The van der Waals surface area contributed by atoms with Crippen molar-refractivity contribution in [3.63, 3.8) is 0 Å². The van der Waals surface area contributed by atoms with Crippen molar-refractivity contribution in [1.82, 2.24) is 5.32 Å². The standard InChI is InChI=1S/C12H13FN2/c1-8(15-10-3-4-10)11-5-2-9(7-14)6-12(11)13/h2,5-6,8,10,15H,3-4H2,1H3. The molecule has 78 valence electrons. The van der Waals surface area contributed by atoms with Crippen LogP contribution in [0.25, 0.3) is 0 Å². The molecule has 2 nitrogen and oxygen atoms in total. The monoisotopic (exact) mass is 204 g/mol. The van der Waals surface area contributed by atoms with E-state index in [0.29, 0.717) is 17.2 Å². The Balaban J connectivity index is 2.16. The zero-order chi connectivity index (χ0) is 10.8. The van der Waals surface area contributed by atoms with Crippen LogP contribution in [0.4, 0.5) is 4.39 Å². The molecular formula is C12H13FN2. The first-order valence-corrected chi connectivity index (χ1v) is 5.16. The molecule has 0 saturated heterocycles. The van der Waals surface area contributed by atoms with E-state index in [4.69, 9.17) is 5.26 Å². The van der Waals surface area contributed by atoms with Crippen LogP contribution in [0.3, 0.4) is 0 Å². The molecule has 1 unspecified atom stereocenters. The topological polar surface area (TPSA) is 35.8 Å². The fraction of sp³-hybridized carbons (Fsp3) is 0.417. The van der Waals surface area contributed by atoms with Gasteiger partial charge in [0.05, 0.1) is 11.6 Å².